The second kappa shape index (κ2) is 6.73. The fourth-order valence-corrected chi connectivity index (χ4v) is 6.19. The summed E-state index contributed by atoms with van der Waals surface area (Å²) in [4.78, 5) is 0. The molecule has 96 valence electrons. The van der Waals surface area contributed by atoms with Crippen molar-refractivity contribution in [1.29, 1.82) is 0 Å². The van der Waals surface area contributed by atoms with Crippen LogP contribution in [0.25, 0.3) is 0 Å². The lowest BCUT2D eigenvalue weighted by molar-refractivity contribution is 0.168. The molecule has 0 bridgehead atoms. The van der Waals surface area contributed by atoms with Crippen molar-refractivity contribution in [2.75, 3.05) is 25.6 Å². The second-order valence-corrected chi connectivity index (χ2v) is 9.55. The highest BCUT2D eigenvalue weighted by molar-refractivity contribution is 7.75. The Morgan fingerprint density at radius 2 is 1.53 bits per heavy atom. The molecule has 0 saturated heterocycles. The van der Waals surface area contributed by atoms with Gasteiger partial charge in [-0.05, 0) is 32.9 Å². The van der Waals surface area contributed by atoms with Gasteiger partial charge in [0.15, 0.2) is 5.85 Å². The van der Waals surface area contributed by atoms with Gasteiger partial charge in [-0.2, -0.15) is 0 Å². The molecular weight excluding hydrogens is 251 g/mol. The maximum absolute atomic E-state index is 5.94. The van der Waals surface area contributed by atoms with Gasteiger partial charge < -0.3 is 4.74 Å². The number of ether oxygens (including phenoxy) is 1. The van der Waals surface area contributed by atoms with Crippen molar-refractivity contribution in [3.63, 3.8) is 0 Å². The Balaban J connectivity index is 3.08. The number of hydrogen-bond acceptors (Lipinski definition) is 1. The van der Waals surface area contributed by atoms with E-state index in [9.17, 15) is 0 Å². The minimum absolute atomic E-state index is 0.264. The largest absolute Gasteiger partial charge is 0.343 e. The van der Waals surface area contributed by atoms with Crippen molar-refractivity contribution in [3.05, 3.63) is 34.9 Å². The van der Waals surface area contributed by atoms with Crippen LogP contribution in [0.4, 0.5) is 0 Å². The molecule has 1 aromatic carbocycles. The summed E-state index contributed by atoms with van der Waals surface area (Å²) in [6, 6.07) is 8.12. The highest BCUT2D eigenvalue weighted by Crippen LogP contribution is 2.69. The van der Waals surface area contributed by atoms with Gasteiger partial charge in [0, 0.05) is 25.0 Å². The first-order chi connectivity index (χ1) is 8.13. The Morgan fingerprint density at radius 1 is 1.06 bits per heavy atom. The zero-order chi connectivity index (χ0) is 12.9. The first kappa shape index (κ1) is 15.0. The molecule has 0 saturated carbocycles. The fraction of sp³-hybridized carbons (Fsp3) is 0.571. The number of benzene rings is 1. The second-order valence-electron chi connectivity index (χ2n) is 4.31. The lowest BCUT2D eigenvalue weighted by atomic mass is 10.2. The summed E-state index contributed by atoms with van der Waals surface area (Å²) in [7, 11) is 0.777. The molecule has 0 heterocycles. The maximum atomic E-state index is 5.94. The quantitative estimate of drug-likeness (QED) is 0.658. The Bertz CT molecular complexity index is 324. The first-order valence-corrected chi connectivity index (χ1v) is 9.06. The molecule has 0 aliphatic heterocycles. The van der Waals surface area contributed by atoms with E-state index < -0.39 is 7.26 Å². The van der Waals surface area contributed by atoms with Crippen LogP contribution in [0.1, 0.15) is 32.2 Å². The van der Waals surface area contributed by atoms with Gasteiger partial charge in [-0.3, -0.25) is 0 Å². The van der Waals surface area contributed by atoms with Gasteiger partial charge in [0.2, 0.25) is 0 Å². The molecule has 0 radical (unpaired) electrons. The molecule has 0 aliphatic carbocycles. The standard InChI is InChI=1S/C14H23ClOP/c1-5-17(6-2,7-3)14(16-4)12-8-10-13(15)11-9-12/h8-11,14H,5-7H2,1-4H3/q+1. The monoisotopic (exact) mass is 273 g/mol. The summed E-state index contributed by atoms with van der Waals surface area (Å²) < 4.78 is 5.82. The zero-order valence-electron chi connectivity index (χ0n) is 11.2. The topological polar surface area (TPSA) is 9.23 Å². The molecule has 1 rings (SSSR count). The van der Waals surface area contributed by atoms with Crippen molar-refractivity contribution in [3.8, 4) is 0 Å². The van der Waals surface area contributed by atoms with E-state index in [0.29, 0.717) is 0 Å². The van der Waals surface area contributed by atoms with E-state index in [1.54, 1.807) is 0 Å². The SMILES string of the molecule is CC[P+](CC)(CC)C(OC)c1ccc(Cl)cc1. The molecule has 0 spiro atoms. The molecule has 1 atom stereocenters. The normalized spacial score (nSPS) is 13.7. The Labute approximate surface area is 111 Å². The minimum atomic E-state index is -1.05. The van der Waals surface area contributed by atoms with Crippen LogP contribution in [-0.4, -0.2) is 25.6 Å². The summed E-state index contributed by atoms with van der Waals surface area (Å²) in [5, 5.41) is 0.789. The van der Waals surface area contributed by atoms with E-state index in [4.69, 9.17) is 16.3 Å². The number of methoxy groups -OCH3 is 1. The highest BCUT2D eigenvalue weighted by Gasteiger charge is 2.42. The third-order valence-electron chi connectivity index (χ3n) is 3.77. The average molecular weight is 274 g/mol. The van der Waals surface area contributed by atoms with Crippen LogP contribution in [0.5, 0.6) is 0 Å². The van der Waals surface area contributed by atoms with Crippen LogP contribution < -0.4 is 0 Å². The molecule has 3 heteroatoms. The third-order valence-corrected chi connectivity index (χ3v) is 9.30. The van der Waals surface area contributed by atoms with Gasteiger partial charge in [-0.15, -0.1) is 0 Å². The van der Waals surface area contributed by atoms with Gasteiger partial charge in [-0.1, -0.05) is 23.7 Å². The van der Waals surface area contributed by atoms with E-state index in [-0.39, 0.29) is 5.85 Å². The van der Waals surface area contributed by atoms with Crippen molar-refractivity contribution >= 4 is 18.9 Å². The fourth-order valence-electron chi connectivity index (χ4n) is 2.47. The van der Waals surface area contributed by atoms with Gasteiger partial charge in [0.25, 0.3) is 0 Å². The lowest BCUT2D eigenvalue weighted by Crippen LogP contribution is -2.14. The van der Waals surface area contributed by atoms with Crippen LogP contribution in [0, 0.1) is 0 Å². The number of hydrogen-bond donors (Lipinski definition) is 0. The predicted molar refractivity (Wildman–Crippen MR) is 79.7 cm³/mol. The molecule has 0 amide bonds. The molecule has 0 fully saturated rings. The van der Waals surface area contributed by atoms with Crippen molar-refractivity contribution < 1.29 is 4.74 Å². The number of halogens is 1. The Morgan fingerprint density at radius 3 is 1.88 bits per heavy atom. The third kappa shape index (κ3) is 3.22. The van der Waals surface area contributed by atoms with Crippen LogP contribution in [0.2, 0.25) is 5.02 Å². The molecular formula is C14H23ClOP+. The van der Waals surface area contributed by atoms with E-state index in [1.807, 2.05) is 19.2 Å². The molecule has 1 nitrogen and oxygen atoms in total. The molecule has 1 aromatic rings. The predicted octanol–water partition coefficient (Wildman–Crippen LogP) is 5.06. The van der Waals surface area contributed by atoms with Crippen molar-refractivity contribution in [2.45, 2.75) is 26.6 Å². The van der Waals surface area contributed by atoms with Crippen LogP contribution >= 0.6 is 18.9 Å². The van der Waals surface area contributed by atoms with Gasteiger partial charge in [0.1, 0.15) is 0 Å². The van der Waals surface area contributed by atoms with Crippen molar-refractivity contribution in [2.24, 2.45) is 0 Å². The summed E-state index contributed by atoms with van der Waals surface area (Å²) >= 11 is 5.94. The molecule has 1 unspecified atom stereocenters. The Kier molecular flexibility index (Phi) is 5.92. The van der Waals surface area contributed by atoms with Gasteiger partial charge >= 0.3 is 0 Å². The highest BCUT2D eigenvalue weighted by atomic mass is 35.5. The van der Waals surface area contributed by atoms with Crippen LogP contribution in [0.3, 0.4) is 0 Å². The average Bonchev–Trinajstić information content (AvgIpc) is 2.38. The minimum Gasteiger partial charge on any atom is -0.343 e. The summed E-state index contributed by atoms with van der Waals surface area (Å²) in [6.45, 7) is 6.88. The molecule has 0 aliphatic rings. The summed E-state index contributed by atoms with van der Waals surface area (Å²) in [5.41, 5.74) is 1.27. The molecule has 0 N–H and O–H groups in total. The van der Waals surface area contributed by atoms with Crippen LogP contribution in [0.15, 0.2) is 24.3 Å². The van der Waals surface area contributed by atoms with E-state index in [0.717, 1.165) is 5.02 Å². The van der Waals surface area contributed by atoms with E-state index in [2.05, 4.69) is 32.9 Å². The van der Waals surface area contributed by atoms with Gasteiger partial charge in [-0.25, -0.2) is 0 Å². The van der Waals surface area contributed by atoms with Crippen molar-refractivity contribution in [1.82, 2.24) is 0 Å². The zero-order valence-corrected chi connectivity index (χ0v) is 12.9. The summed E-state index contributed by atoms with van der Waals surface area (Å²) in [5.74, 6) is 0.264. The number of rotatable bonds is 6. The Hall–Kier alpha value is -0.100. The van der Waals surface area contributed by atoms with Crippen LogP contribution in [-0.2, 0) is 4.74 Å². The smallest absolute Gasteiger partial charge is 0.192 e. The molecule has 17 heavy (non-hydrogen) atoms. The van der Waals surface area contributed by atoms with E-state index in [1.165, 1.54) is 24.0 Å². The first-order valence-electron chi connectivity index (χ1n) is 6.27. The maximum Gasteiger partial charge on any atom is 0.192 e. The molecule has 0 aromatic heterocycles. The van der Waals surface area contributed by atoms with Gasteiger partial charge in [0.05, 0.1) is 18.5 Å². The van der Waals surface area contributed by atoms with E-state index >= 15 is 0 Å². The lowest BCUT2D eigenvalue weighted by Gasteiger charge is -2.31. The summed E-state index contributed by atoms with van der Waals surface area (Å²) in [6.07, 6.45) is 3.71.